The van der Waals surface area contributed by atoms with Gasteiger partial charge >= 0.3 is 5.69 Å². The molecule has 0 aromatic carbocycles. The molecule has 0 radical (unpaired) electrons. The summed E-state index contributed by atoms with van der Waals surface area (Å²) in [6.45, 7) is 8.74. The zero-order chi connectivity index (χ0) is 16.9. The summed E-state index contributed by atoms with van der Waals surface area (Å²) in [4.78, 5) is 28.1. The summed E-state index contributed by atoms with van der Waals surface area (Å²) in [5.41, 5.74) is 5.29. The minimum atomic E-state index is -0.523. The molecule has 124 valence electrons. The number of nitrogens with zero attached hydrogens (tertiary/aromatic N) is 2. The van der Waals surface area contributed by atoms with Gasteiger partial charge in [0.2, 0.25) is 0 Å². The molecule has 0 spiro atoms. The quantitative estimate of drug-likeness (QED) is 0.675. The number of nitrogens with one attached hydrogen (secondary N) is 2. The van der Waals surface area contributed by atoms with E-state index in [2.05, 4.69) is 10.3 Å². The minimum absolute atomic E-state index is 0.132. The van der Waals surface area contributed by atoms with Gasteiger partial charge in [0.1, 0.15) is 5.82 Å². The Morgan fingerprint density at radius 3 is 2.55 bits per heavy atom. The van der Waals surface area contributed by atoms with E-state index in [1.165, 1.54) is 4.57 Å². The van der Waals surface area contributed by atoms with Crippen LogP contribution in [0.3, 0.4) is 0 Å². The third-order valence-corrected chi connectivity index (χ3v) is 3.53. The van der Waals surface area contributed by atoms with Crippen molar-refractivity contribution in [3.63, 3.8) is 0 Å². The SMILES string of the molecule is CCCCn1c(N)c(N(CC)C(=S)NC(C)C)c(=O)[nH]c1=O. The minimum Gasteiger partial charge on any atom is -0.383 e. The molecule has 0 aliphatic heterocycles. The van der Waals surface area contributed by atoms with Crippen LogP contribution in [0.2, 0.25) is 0 Å². The van der Waals surface area contributed by atoms with Gasteiger partial charge < -0.3 is 16.0 Å². The van der Waals surface area contributed by atoms with E-state index in [0.29, 0.717) is 18.2 Å². The van der Waals surface area contributed by atoms with Gasteiger partial charge in [-0.15, -0.1) is 0 Å². The molecule has 1 aromatic rings. The van der Waals surface area contributed by atoms with Crippen molar-refractivity contribution in [2.24, 2.45) is 0 Å². The summed E-state index contributed by atoms with van der Waals surface area (Å²) < 4.78 is 1.39. The first-order valence-electron chi connectivity index (χ1n) is 7.54. The van der Waals surface area contributed by atoms with Gasteiger partial charge in [0.05, 0.1) is 0 Å². The van der Waals surface area contributed by atoms with Crippen LogP contribution in [0.15, 0.2) is 9.59 Å². The van der Waals surface area contributed by atoms with E-state index < -0.39 is 11.2 Å². The van der Waals surface area contributed by atoms with E-state index in [1.807, 2.05) is 27.7 Å². The first kappa shape index (κ1) is 18.2. The average molecular weight is 327 g/mol. The van der Waals surface area contributed by atoms with Crippen LogP contribution in [0, 0.1) is 0 Å². The van der Waals surface area contributed by atoms with Crippen molar-refractivity contribution in [3.05, 3.63) is 20.8 Å². The summed E-state index contributed by atoms with van der Waals surface area (Å²) in [6.07, 6.45) is 1.72. The summed E-state index contributed by atoms with van der Waals surface area (Å²) >= 11 is 5.33. The molecular formula is C14H25N5O2S. The molecule has 0 atom stereocenters. The summed E-state index contributed by atoms with van der Waals surface area (Å²) in [5, 5.41) is 3.50. The van der Waals surface area contributed by atoms with Crippen molar-refractivity contribution in [1.29, 1.82) is 0 Å². The third-order valence-electron chi connectivity index (χ3n) is 3.19. The molecule has 0 amide bonds. The second-order valence-electron chi connectivity index (χ2n) is 5.35. The average Bonchev–Trinajstić information content (AvgIpc) is 2.42. The van der Waals surface area contributed by atoms with Gasteiger partial charge in [-0.1, -0.05) is 13.3 Å². The van der Waals surface area contributed by atoms with Crippen molar-refractivity contribution < 1.29 is 0 Å². The number of hydrogen-bond acceptors (Lipinski definition) is 4. The van der Waals surface area contributed by atoms with Crippen molar-refractivity contribution in [2.45, 2.75) is 53.1 Å². The first-order valence-corrected chi connectivity index (χ1v) is 7.94. The van der Waals surface area contributed by atoms with E-state index in [0.717, 1.165) is 12.8 Å². The summed E-state index contributed by atoms with van der Waals surface area (Å²) in [5.74, 6) is 0.150. The molecule has 1 heterocycles. The normalized spacial score (nSPS) is 10.8. The van der Waals surface area contributed by atoms with Crippen molar-refractivity contribution in [2.75, 3.05) is 17.2 Å². The van der Waals surface area contributed by atoms with Crippen LogP contribution in [0.5, 0.6) is 0 Å². The van der Waals surface area contributed by atoms with Gasteiger partial charge in [0, 0.05) is 19.1 Å². The smallest absolute Gasteiger partial charge is 0.330 e. The standard InChI is InChI=1S/C14H25N5O2S/c1-5-7-8-19-11(15)10(12(20)17-13(19)21)18(6-2)14(22)16-9(3)4/h9H,5-8,15H2,1-4H3,(H,16,22)(H,17,20,21). The number of nitrogen functional groups attached to an aromatic ring is 1. The van der Waals surface area contributed by atoms with Crippen molar-refractivity contribution >= 4 is 28.8 Å². The van der Waals surface area contributed by atoms with Gasteiger partial charge in [-0.25, -0.2) is 4.79 Å². The molecule has 22 heavy (non-hydrogen) atoms. The second kappa shape index (κ2) is 7.98. The number of aromatic nitrogens is 2. The van der Waals surface area contributed by atoms with Gasteiger partial charge in [0.25, 0.3) is 5.56 Å². The van der Waals surface area contributed by atoms with Gasteiger partial charge in [-0.2, -0.15) is 0 Å². The van der Waals surface area contributed by atoms with E-state index in [-0.39, 0.29) is 17.5 Å². The molecule has 0 unspecified atom stereocenters. The van der Waals surface area contributed by atoms with E-state index in [4.69, 9.17) is 18.0 Å². The molecule has 0 saturated carbocycles. The second-order valence-corrected chi connectivity index (χ2v) is 5.73. The molecule has 0 bridgehead atoms. The van der Waals surface area contributed by atoms with E-state index in [9.17, 15) is 9.59 Å². The number of rotatable bonds is 6. The maximum atomic E-state index is 12.2. The molecule has 8 heteroatoms. The van der Waals surface area contributed by atoms with Crippen LogP contribution in [0.1, 0.15) is 40.5 Å². The lowest BCUT2D eigenvalue weighted by atomic mass is 10.3. The molecule has 1 rings (SSSR count). The molecule has 4 N–H and O–H groups in total. The largest absolute Gasteiger partial charge is 0.383 e. The van der Waals surface area contributed by atoms with Crippen molar-refractivity contribution in [3.8, 4) is 0 Å². The summed E-state index contributed by atoms with van der Waals surface area (Å²) in [6, 6.07) is 0.132. The highest BCUT2D eigenvalue weighted by atomic mass is 32.1. The predicted molar refractivity (Wildman–Crippen MR) is 94.5 cm³/mol. The highest BCUT2D eigenvalue weighted by Gasteiger charge is 2.20. The van der Waals surface area contributed by atoms with Crippen LogP contribution in [-0.2, 0) is 6.54 Å². The Morgan fingerprint density at radius 1 is 1.41 bits per heavy atom. The van der Waals surface area contributed by atoms with E-state index in [1.54, 1.807) is 4.90 Å². The highest BCUT2D eigenvalue weighted by Crippen LogP contribution is 2.17. The maximum absolute atomic E-state index is 12.2. The monoisotopic (exact) mass is 327 g/mol. The highest BCUT2D eigenvalue weighted by molar-refractivity contribution is 7.80. The number of aromatic amines is 1. The number of thiocarbonyl (C=S) groups is 1. The predicted octanol–water partition coefficient (Wildman–Crippen LogP) is 1.03. The van der Waals surface area contributed by atoms with Gasteiger partial charge in [-0.3, -0.25) is 14.3 Å². The van der Waals surface area contributed by atoms with Gasteiger partial charge in [0.15, 0.2) is 10.8 Å². The lowest BCUT2D eigenvalue weighted by molar-refractivity contribution is 0.604. The summed E-state index contributed by atoms with van der Waals surface area (Å²) in [7, 11) is 0. The van der Waals surface area contributed by atoms with Gasteiger partial charge in [-0.05, 0) is 39.4 Å². The Bertz CT molecular complexity index is 635. The Labute approximate surface area is 135 Å². The topological polar surface area (TPSA) is 96.2 Å². The number of nitrogens with two attached hydrogens (primary N) is 1. The van der Waals surface area contributed by atoms with Crippen LogP contribution in [-0.4, -0.2) is 27.3 Å². The molecule has 0 aliphatic rings. The molecule has 0 aliphatic carbocycles. The molecule has 7 nitrogen and oxygen atoms in total. The Morgan fingerprint density at radius 2 is 2.05 bits per heavy atom. The number of H-pyrrole nitrogens is 1. The zero-order valence-electron chi connectivity index (χ0n) is 13.6. The lowest BCUT2D eigenvalue weighted by Gasteiger charge is -2.27. The van der Waals surface area contributed by atoms with Crippen LogP contribution in [0.4, 0.5) is 11.5 Å². The fraction of sp³-hybridized carbons (Fsp3) is 0.643. The number of unbranched alkanes of at least 4 members (excludes halogenated alkanes) is 1. The van der Waals surface area contributed by atoms with Crippen molar-refractivity contribution in [1.82, 2.24) is 14.9 Å². The Balaban J connectivity index is 3.35. The van der Waals surface area contributed by atoms with E-state index >= 15 is 0 Å². The molecule has 0 fully saturated rings. The van der Waals surface area contributed by atoms with Crippen LogP contribution < -0.4 is 27.2 Å². The van der Waals surface area contributed by atoms with Crippen LogP contribution in [0.25, 0.3) is 0 Å². The molecule has 1 aromatic heterocycles. The third kappa shape index (κ3) is 4.09. The number of anilines is 2. The fourth-order valence-electron chi connectivity index (χ4n) is 2.10. The van der Waals surface area contributed by atoms with Crippen LogP contribution >= 0.6 is 12.2 Å². The Kier molecular flexibility index (Phi) is 6.61. The molecular weight excluding hydrogens is 302 g/mol. The maximum Gasteiger partial charge on any atom is 0.330 e. The fourth-order valence-corrected chi connectivity index (χ4v) is 2.56. The zero-order valence-corrected chi connectivity index (χ0v) is 14.4. The first-order chi connectivity index (χ1) is 10.3. The lowest BCUT2D eigenvalue weighted by Crippen LogP contribution is -2.47. The number of hydrogen-bond donors (Lipinski definition) is 3. The Hall–Kier alpha value is -1.83. The molecule has 0 saturated heterocycles.